The Morgan fingerprint density at radius 2 is 0.664 bits per heavy atom. The summed E-state index contributed by atoms with van der Waals surface area (Å²) in [6, 6.07) is 105. The van der Waals surface area contributed by atoms with Gasteiger partial charge < -0.3 is 23.8 Å². The molecule has 7 heteroatoms. The lowest BCUT2D eigenvalue weighted by atomic mass is 9.30. The van der Waals surface area contributed by atoms with Crippen LogP contribution in [-0.2, 0) is 5.41 Å². The summed E-state index contributed by atoms with van der Waals surface area (Å²) in [6.45, 7) is 4.85. The topological polar surface area (TPSA) is 29.9 Å². The predicted molar refractivity (Wildman–Crippen MR) is 475 cm³/mol. The maximum absolute atomic E-state index is 12.0. The van der Waals surface area contributed by atoms with Crippen LogP contribution in [0.4, 0.5) is 34.1 Å². The van der Waals surface area contributed by atoms with Crippen LogP contribution in [0.15, 0.2) is 388 Å². The quantitative estimate of drug-likeness (QED) is 0.121. The van der Waals surface area contributed by atoms with Gasteiger partial charge in [0, 0.05) is 73.0 Å². The van der Waals surface area contributed by atoms with Crippen LogP contribution in [0, 0.1) is 0 Å². The largest absolute Gasteiger partial charge is 0.459 e. The number of para-hydroxylation sites is 2. The van der Waals surface area contributed by atoms with Crippen molar-refractivity contribution in [2.45, 2.75) is 26.2 Å². The zero-order chi connectivity index (χ0) is 84.6. The van der Waals surface area contributed by atoms with Crippen molar-refractivity contribution in [3.63, 3.8) is 0 Å². The molecule has 113 heavy (non-hydrogen) atoms. The van der Waals surface area contributed by atoms with Gasteiger partial charge in [-0.15, -0.1) is 0 Å². The fourth-order valence-corrected chi connectivity index (χ4v) is 17.7. The number of ether oxygens (including phenoxy) is 2. The molecule has 0 N–H and O–H groups in total. The molecule has 0 radical (unpaired) electrons. The molecule has 0 unspecified atom stereocenters. The molecule has 0 saturated heterocycles. The van der Waals surface area contributed by atoms with E-state index in [0.717, 1.165) is 111 Å². The summed E-state index contributed by atoms with van der Waals surface area (Å²) >= 11 is 0. The van der Waals surface area contributed by atoms with Crippen LogP contribution in [0.5, 0.6) is 23.0 Å². The molecule has 1 aromatic heterocycles. The van der Waals surface area contributed by atoms with Gasteiger partial charge in [-0.3, -0.25) is 0 Å². The Kier molecular flexibility index (Phi) is 12.9. The van der Waals surface area contributed by atoms with E-state index in [0.29, 0.717) is 62.1 Å². The molecule has 0 spiro atoms. The van der Waals surface area contributed by atoms with E-state index in [4.69, 9.17) is 9.47 Å². The van der Waals surface area contributed by atoms with Crippen LogP contribution < -0.4 is 52.1 Å². The van der Waals surface area contributed by atoms with Crippen LogP contribution >= 0.6 is 0 Å². The van der Waals surface area contributed by atoms with Crippen molar-refractivity contribution >= 4 is 102 Å². The zero-order valence-electron chi connectivity index (χ0n) is 72.9. The van der Waals surface area contributed by atoms with Gasteiger partial charge in [-0.25, -0.2) is 0 Å². The van der Waals surface area contributed by atoms with Crippen molar-refractivity contribution in [1.82, 2.24) is 4.57 Å². The third-order valence-corrected chi connectivity index (χ3v) is 23.0. The molecule has 5 nitrogen and oxygen atoms in total. The molecule has 4 aliphatic rings. The average Bonchev–Trinajstić information content (AvgIpc) is 0.840. The van der Waals surface area contributed by atoms with Crippen molar-refractivity contribution in [3.8, 4) is 118 Å². The predicted octanol–water partition coefficient (Wildman–Crippen LogP) is 24.2. The lowest BCUT2D eigenvalue weighted by Crippen LogP contribution is -2.65. The molecular formula is C106H73B2N3O2. The molecular weight excluding hydrogens is 1370 g/mol. The number of nitrogens with zero attached hydrogens (tertiary/aromatic N) is 3. The molecule has 5 heterocycles. The van der Waals surface area contributed by atoms with Crippen LogP contribution in [0.25, 0.3) is 117 Å². The molecule has 0 atom stereocenters. The molecule has 0 amide bonds. The SMILES string of the molecule is [2H]c1c([2H])c(-n2c3c([2H])c([2H])c([2H])c([2H])c3c3c([2H])c([2H])c([2H])c([2H])c32)c([2H])c2c1B1c3c(cc(C(C)(C)C)cc3N2c2c(-c3ccccc3)cc(-c3ccccc3)cc2-c2ccccc2)N(c2c(-c3ccccc3)cc(-c3ccccc3)cc2-c2ccccc2)c2cc3c4c(c21)Oc1cc(-c2ccccc2)ccc1B4c1ccc(-c2ccccc2)cc1O3. The van der Waals surface area contributed by atoms with Crippen LogP contribution in [0.1, 0.15) is 41.4 Å². The molecule has 17 aromatic carbocycles. The molecule has 0 fully saturated rings. The Hall–Kier alpha value is -14.1. The first kappa shape index (κ1) is 55.3. The number of fused-ring (bicyclic) bond motifs is 12. The Morgan fingerprint density at radius 3 is 1.08 bits per heavy atom. The molecule has 22 rings (SSSR count). The van der Waals surface area contributed by atoms with Gasteiger partial charge in [-0.05, 0) is 178 Å². The lowest BCUT2D eigenvalue weighted by Gasteiger charge is -2.48. The minimum Gasteiger partial charge on any atom is -0.459 e. The van der Waals surface area contributed by atoms with Crippen molar-refractivity contribution < 1.29 is 24.6 Å². The summed E-state index contributed by atoms with van der Waals surface area (Å²) in [5.74, 6) is 2.16. The third kappa shape index (κ3) is 10.8. The van der Waals surface area contributed by atoms with Crippen molar-refractivity contribution in [3.05, 3.63) is 394 Å². The molecule has 18 aromatic rings. The first-order valence-corrected chi connectivity index (χ1v) is 38.4. The smallest absolute Gasteiger partial charge is 0.260 e. The number of aromatic nitrogens is 1. The third-order valence-electron chi connectivity index (χ3n) is 23.0. The lowest BCUT2D eigenvalue weighted by molar-refractivity contribution is 0.467. The maximum atomic E-state index is 12.0. The van der Waals surface area contributed by atoms with Crippen LogP contribution in [0.2, 0.25) is 0 Å². The van der Waals surface area contributed by atoms with E-state index >= 15 is 0 Å². The first-order chi connectivity index (χ1) is 60.3. The Labute approximate surface area is 674 Å². The summed E-state index contributed by atoms with van der Waals surface area (Å²) in [7, 11) is 0. The van der Waals surface area contributed by atoms with Gasteiger partial charge in [0.1, 0.15) is 23.0 Å². The number of rotatable bonds is 11. The molecule has 4 aliphatic heterocycles. The van der Waals surface area contributed by atoms with Crippen LogP contribution in [0.3, 0.4) is 0 Å². The van der Waals surface area contributed by atoms with E-state index in [1.165, 1.54) is 4.57 Å². The van der Waals surface area contributed by atoms with E-state index in [1.54, 1.807) is 0 Å². The number of benzene rings is 17. The van der Waals surface area contributed by atoms with E-state index in [-0.39, 0.29) is 50.7 Å². The minimum atomic E-state index is -1.17. The fourth-order valence-electron chi connectivity index (χ4n) is 17.7. The van der Waals surface area contributed by atoms with E-state index in [2.05, 4.69) is 243 Å². The summed E-state index contributed by atoms with van der Waals surface area (Å²) in [5.41, 5.74) is 20.8. The average molecular weight is 1450 g/mol. The highest BCUT2D eigenvalue weighted by Gasteiger charge is 2.52. The minimum absolute atomic E-state index is 0.115. The van der Waals surface area contributed by atoms with Gasteiger partial charge >= 0.3 is 0 Å². The standard InChI is InChI=1S/C106H73B2N3O2/c1-106(2,3)80-64-94-100-95(65-80)111(104-86(74-44-24-10-25-45-74)60-79(71-38-18-7-19-39-71)61-87(104)75-46-26-11-27-47-75)96-67-99-102-105(113-98-63-77(69-34-14-5-15-35-69)53-56-90(98)107(102)89-55-52-76(62-97(89)112-99)68-32-12-4-13-33-68)101(96)108(100)88-57-54-81(109-91-50-30-28-48-82(91)83-49-29-31-51-92(83)109)66-93(88)110(94)103-84(72-40-20-8-21-41-72)58-78(70-36-16-6-17-37-70)59-85(103)73-42-22-9-23-43-73/h4-67H,1-3H3/i28D,29D,30D,31D,48D,49D,50D,51D,54D,57D,66D. The normalized spacial score (nSPS) is 14.2. The number of hydrogen-bond donors (Lipinski definition) is 0. The summed E-state index contributed by atoms with van der Waals surface area (Å²) in [5, 5.41) is -0.470. The second-order valence-electron chi connectivity index (χ2n) is 30.5. The Morgan fingerprint density at radius 1 is 0.292 bits per heavy atom. The van der Waals surface area contributed by atoms with Gasteiger partial charge in [-0.2, -0.15) is 0 Å². The van der Waals surface area contributed by atoms with E-state index in [1.807, 2.05) is 109 Å². The van der Waals surface area contributed by atoms with Gasteiger partial charge in [0.25, 0.3) is 13.4 Å². The van der Waals surface area contributed by atoms with Crippen LogP contribution in [-0.4, -0.2) is 18.0 Å². The molecule has 0 saturated carbocycles. The molecule has 0 aliphatic carbocycles. The summed E-state index contributed by atoms with van der Waals surface area (Å²) < 4.78 is 129. The van der Waals surface area contributed by atoms with E-state index in [9.17, 15) is 15.1 Å². The highest BCUT2D eigenvalue weighted by molar-refractivity contribution is 7.03. The van der Waals surface area contributed by atoms with Crippen molar-refractivity contribution in [2.24, 2.45) is 0 Å². The summed E-state index contributed by atoms with van der Waals surface area (Å²) in [4.78, 5) is 4.53. The Bertz CT molecular complexity index is 7330. The zero-order valence-corrected chi connectivity index (χ0v) is 61.9. The first-order valence-electron chi connectivity index (χ1n) is 43.9. The second kappa shape index (κ2) is 26.3. The highest BCUT2D eigenvalue weighted by Crippen LogP contribution is 2.57. The van der Waals surface area contributed by atoms with Gasteiger partial charge in [0.15, 0.2) is 0 Å². The molecule has 0 bridgehead atoms. The Balaban J connectivity index is 0.973. The van der Waals surface area contributed by atoms with Crippen molar-refractivity contribution in [1.29, 1.82) is 0 Å². The summed E-state index contributed by atoms with van der Waals surface area (Å²) in [6.07, 6.45) is 0. The number of anilines is 6. The molecule has 530 valence electrons. The number of hydrogen-bond acceptors (Lipinski definition) is 4. The van der Waals surface area contributed by atoms with E-state index < -0.39 is 73.2 Å². The second-order valence-corrected chi connectivity index (χ2v) is 30.5. The van der Waals surface area contributed by atoms with Gasteiger partial charge in [0.05, 0.1) is 37.5 Å². The highest BCUT2D eigenvalue weighted by atomic mass is 16.5. The van der Waals surface area contributed by atoms with Gasteiger partial charge in [-0.1, -0.05) is 330 Å². The fraction of sp³-hybridized carbons (Fsp3) is 0.0377. The van der Waals surface area contributed by atoms with Crippen molar-refractivity contribution in [2.75, 3.05) is 9.80 Å². The monoisotopic (exact) mass is 1450 g/mol. The maximum Gasteiger partial charge on any atom is 0.260 e. The van der Waals surface area contributed by atoms with Gasteiger partial charge in [0.2, 0.25) is 0 Å².